The average molecular weight is 849 g/mol. The van der Waals surface area contributed by atoms with E-state index in [2.05, 4.69) is 206 Å². The first-order valence-corrected chi connectivity index (χ1v) is 22.8. The Morgan fingerprint density at radius 2 is 1.41 bits per heavy atom. The molecule has 3 aromatic heterocycles. The van der Waals surface area contributed by atoms with Crippen LogP contribution in [-0.4, -0.2) is 14.1 Å². The first-order chi connectivity index (χ1) is 31.3. The van der Waals surface area contributed by atoms with Gasteiger partial charge in [-0.15, -0.1) is 0 Å². The molecule has 0 unspecified atom stereocenters. The summed E-state index contributed by atoms with van der Waals surface area (Å²) in [7, 11) is 0. The highest BCUT2D eigenvalue weighted by atomic mass is 16.5. The zero-order valence-electron chi connectivity index (χ0n) is 42.8. The summed E-state index contributed by atoms with van der Waals surface area (Å²) in [4.78, 5) is 4.96. The largest absolute Gasteiger partial charge is 0.457 e. The van der Waals surface area contributed by atoms with Crippen molar-refractivity contribution < 1.29 is 13.4 Å². The number of para-hydroxylation sites is 1. The second-order valence-electron chi connectivity index (χ2n) is 22.0. The number of ether oxygens (including phenoxy) is 1. The fourth-order valence-corrected chi connectivity index (χ4v) is 9.09. The Bertz CT molecular complexity index is 3260. The fourth-order valence-electron chi connectivity index (χ4n) is 9.09. The molecule has 5 nitrogen and oxygen atoms in total. The minimum absolute atomic E-state index is 0.00450. The molecule has 0 saturated heterocycles. The number of aryl methyl sites for hydroxylation is 1. The van der Waals surface area contributed by atoms with Crippen molar-refractivity contribution in [3.05, 3.63) is 162 Å². The second kappa shape index (κ2) is 15.5. The maximum absolute atomic E-state index is 8.74. The van der Waals surface area contributed by atoms with Gasteiger partial charge in [0, 0.05) is 45.2 Å². The molecule has 1 aliphatic carbocycles. The predicted molar refractivity (Wildman–Crippen MR) is 269 cm³/mol. The number of fused-ring (bicyclic) bond motifs is 4. The highest BCUT2D eigenvalue weighted by Gasteiger charge is 2.34. The summed E-state index contributed by atoms with van der Waals surface area (Å²) in [5.74, 6) is 2.50. The van der Waals surface area contributed by atoms with Gasteiger partial charge in [0.25, 0.3) is 6.33 Å². The standard InChI is InChI=1S/C59H65N4O/c1-38-18-17-21-52-55(38)62(45-30-42(57(5,6)7)29-43(31-45)58(8,9)10)37-61(52)46-32-44(59(11,12)13)33-48(35-46)64-47-23-24-49-50-28-40(39-19-15-14-16-20-39)22-25-51(50)63(53(49)36-47)54-34-41(26-27-60-54)56(2,3)4/h14-30,32-37,43H,31H2,1-13H3/q+1/t43-/m0/s1/i1D3. The SMILES string of the molecule is [2H]C([2H])([2H])c1cccc2c1[n+](C1=CC(C(C)(C)C)=C[C@H](C(C)(C)C)C1)cn2-c1cc(Oc2ccc3c4cc(-c5ccccc5)ccc4n(-c4cc(C(C)(C)C)ccn4)c3c2)cc(C(C)(C)C)c1. The monoisotopic (exact) mass is 849 g/mol. The third kappa shape index (κ3) is 8.10. The zero-order chi connectivity index (χ0) is 48.0. The normalized spacial score (nSPS) is 16.1. The minimum atomic E-state index is -2.33. The van der Waals surface area contributed by atoms with E-state index in [4.69, 9.17) is 13.8 Å². The van der Waals surface area contributed by atoms with E-state index in [0.717, 1.165) is 62.1 Å². The molecular formula is C59H65N4O+. The first kappa shape index (κ1) is 39.4. The minimum Gasteiger partial charge on any atom is -0.457 e. The number of imidazole rings is 1. The van der Waals surface area contributed by atoms with Crippen molar-refractivity contribution in [2.45, 2.75) is 107 Å². The Kier molecular flexibility index (Phi) is 9.54. The number of pyridine rings is 1. The van der Waals surface area contributed by atoms with Crippen LogP contribution in [0.15, 0.2) is 146 Å². The van der Waals surface area contributed by atoms with Gasteiger partial charge >= 0.3 is 0 Å². The van der Waals surface area contributed by atoms with E-state index in [1.165, 1.54) is 16.7 Å². The highest BCUT2D eigenvalue weighted by molar-refractivity contribution is 6.10. The van der Waals surface area contributed by atoms with Gasteiger partial charge in [-0.3, -0.25) is 4.57 Å². The quantitative estimate of drug-likeness (QED) is 0.156. The maximum atomic E-state index is 8.74. The molecule has 5 heteroatoms. The van der Waals surface area contributed by atoms with Crippen molar-refractivity contribution in [2.24, 2.45) is 16.7 Å². The Morgan fingerprint density at radius 1 is 0.641 bits per heavy atom. The van der Waals surface area contributed by atoms with Crippen molar-refractivity contribution in [3.63, 3.8) is 0 Å². The molecule has 1 aliphatic rings. The molecule has 326 valence electrons. The third-order valence-electron chi connectivity index (χ3n) is 13.1. The maximum Gasteiger partial charge on any atom is 0.254 e. The third-order valence-corrected chi connectivity index (χ3v) is 13.1. The van der Waals surface area contributed by atoms with E-state index in [1.807, 2.05) is 24.4 Å². The predicted octanol–water partition coefficient (Wildman–Crippen LogP) is 15.7. The summed E-state index contributed by atoms with van der Waals surface area (Å²) in [6.07, 6.45) is 9.50. The lowest BCUT2D eigenvalue weighted by Gasteiger charge is -2.34. The number of nitrogens with zero attached hydrogens (tertiary/aromatic N) is 4. The molecule has 64 heavy (non-hydrogen) atoms. The van der Waals surface area contributed by atoms with Crippen molar-refractivity contribution in [1.29, 1.82) is 0 Å². The molecule has 0 fully saturated rings. The van der Waals surface area contributed by atoms with Gasteiger partial charge in [-0.1, -0.05) is 138 Å². The van der Waals surface area contributed by atoms with Gasteiger partial charge in [-0.05, 0) is 123 Å². The molecule has 0 aliphatic heterocycles. The number of rotatable bonds is 6. The van der Waals surface area contributed by atoms with Crippen LogP contribution in [0.25, 0.3) is 61.2 Å². The number of aromatic nitrogens is 4. The van der Waals surface area contributed by atoms with Gasteiger partial charge in [0.15, 0.2) is 11.0 Å². The Hall–Kier alpha value is -6.20. The summed E-state index contributed by atoms with van der Waals surface area (Å²) < 4.78 is 39.8. The summed E-state index contributed by atoms with van der Waals surface area (Å²) >= 11 is 0. The summed E-state index contributed by atoms with van der Waals surface area (Å²) in [6.45, 7) is 24.6. The topological polar surface area (TPSA) is 35.9 Å². The zero-order valence-corrected chi connectivity index (χ0v) is 39.8. The van der Waals surface area contributed by atoms with Crippen molar-refractivity contribution in [3.8, 4) is 34.1 Å². The molecule has 5 aromatic carbocycles. The molecule has 9 rings (SSSR count). The van der Waals surface area contributed by atoms with E-state index in [-0.39, 0.29) is 27.6 Å². The van der Waals surface area contributed by atoms with E-state index < -0.39 is 6.85 Å². The fraction of sp³-hybridized carbons (Fsp3) is 0.322. The molecule has 0 N–H and O–H groups in total. The lowest BCUT2D eigenvalue weighted by Crippen LogP contribution is -2.36. The number of allylic oxidation sites excluding steroid dienone is 4. The highest BCUT2D eigenvalue weighted by Crippen LogP contribution is 2.43. The summed E-state index contributed by atoms with van der Waals surface area (Å²) in [5, 5.41) is 2.25. The van der Waals surface area contributed by atoms with Gasteiger partial charge in [0.2, 0.25) is 0 Å². The van der Waals surface area contributed by atoms with Crippen LogP contribution in [0.5, 0.6) is 11.5 Å². The van der Waals surface area contributed by atoms with Crippen LogP contribution in [0, 0.1) is 23.6 Å². The van der Waals surface area contributed by atoms with Crippen LogP contribution in [0.2, 0.25) is 0 Å². The summed E-state index contributed by atoms with van der Waals surface area (Å²) in [6, 6.07) is 40.0. The van der Waals surface area contributed by atoms with Gasteiger partial charge in [0.1, 0.15) is 28.7 Å². The van der Waals surface area contributed by atoms with E-state index in [0.29, 0.717) is 22.6 Å². The molecule has 3 heterocycles. The Labute approximate surface area is 385 Å². The molecule has 0 radical (unpaired) electrons. The van der Waals surface area contributed by atoms with Crippen molar-refractivity contribution >= 4 is 38.5 Å². The van der Waals surface area contributed by atoms with Crippen LogP contribution in [0.3, 0.4) is 0 Å². The van der Waals surface area contributed by atoms with Crippen molar-refractivity contribution in [2.75, 3.05) is 0 Å². The molecule has 1 atom stereocenters. The van der Waals surface area contributed by atoms with Crippen LogP contribution in [-0.2, 0) is 10.8 Å². The molecule has 0 amide bonds. The van der Waals surface area contributed by atoms with Crippen molar-refractivity contribution in [1.82, 2.24) is 14.1 Å². The molecule has 0 spiro atoms. The summed E-state index contributed by atoms with van der Waals surface area (Å²) in [5.41, 5.74) is 11.4. The van der Waals surface area contributed by atoms with E-state index in [9.17, 15) is 0 Å². The van der Waals surface area contributed by atoms with Crippen LogP contribution in [0.4, 0.5) is 0 Å². The van der Waals surface area contributed by atoms with Gasteiger partial charge in [-0.2, -0.15) is 9.13 Å². The number of hydrogen-bond acceptors (Lipinski definition) is 2. The van der Waals surface area contributed by atoms with Gasteiger partial charge in [-0.25, -0.2) is 4.98 Å². The van der Waals surface area contributed by atoms with Gasteiger partial charge in [0.05, 0.1) is 11.0 Å². The molecular weight excluding hydrogens is 781 g/mol. The van der Waals surface area contributed by atoms with Crippen LogP contribution < -0.4 is 9.30 Å². The van der Waals surface area contributed by atoms with E-state index in [1.54, 1.807) is 6.07 Å². The lowest BCUT2D eigenvalue weighted by atomic mass is 9.71. The van der Waals surface area contributed by atoms with Crippen LogP contribution >= 0.6 is 0 Å². The smallest absolute Gasteiger partial charge is 0.254 e. The Balaban J connectivity index is 1.22. The van der Waals surface area contributed by atoms with Gasteiger partial charge < -0.3 is 4.74 Å². The molecule has 0 bridgehead atoms. The van der Waals surface area contributed by atoms with E-state index >= 15 is 0 Å². The number of hydrogen-bond donors (Lipinski definition) is 0. The van der Waals surface area contributed by atoms with Crippen LogP contribution in [0.1, 0.15) is 110 Å². The lowest BCUT2D eigenvalue weighted by molar-refractivity contribution is -0.556. The molecule has 8 aromatic rings. The second-order valence-corrected chi connectivity index (χ2v) is 22.0. The number of benzene rings is 5. The first-order valence-electron chi connectivity index (χ1n) is 24.3. The Morgan fingerprint density at radius 3 is 2.11 bits per heavy atom. The molecule has 0 saturated carbocycles. The average Bonchev–Trinajstić information content (AvgIpc) is 3.81.